The predicted molar refractivity (Wildman–Crippen MR) is 118 cm³/mol. The molecule has 2 aliphatic rings. The maximum Gasteiger partial charge on any atom is 0.336 e. The molecule has 0 saturated carbocycles. The molecule has 0 fully saturated rings. The van der Waals surface area contributed by atoms with Crippen molar-refractivity contribution in [1.29, 1.82) is 0 Å². The minimum Gasteiger partial charge on any atom is -0.457 e. The summed E-state index contributed by atoms with van der Waals surface area (Å²) in [5.41, 5.74) is 3.62. The molecule has 2 aromatic rings. The van der Waals surface area contributed by atoms with Gasteiger partial charge in [0.05, 0.1) is 11.5 Å². The summed E-state index contributed by atoms with van der Waals surface area (Å²) in [5, 5.41) is 3.26. The van der Waals surface area contributed by atoms with E-state index in [-0.39, 0.29) is 12.4 Å². The van der Waals surface area contributed by atoms with Crippen LogP contribution in [-0.2, 0) is 25.7 Å². The van der Waals surface area contributed by atoms with Crippen molar-refractivity contribution in [3.63, 3.8) is 0 Å². The Morgan fingerprint density at radius 2 is 1.75 bits per heavy atom. The summed E-state index contributed by atoms with van der Waals surface area (Å²) < 4.78 is 10.8. The number of nitrogens with one attached hydrogen (secondary N) is 1. The number of carbonyl (C=O) groups is 3. The lowest BCUT2D eigenvalue weighted by molar-refractivity contribution is -0.141. The number of ether oxygens (including phenoxy) is 2. The lowest BCUT2D eigenvalue weighted by Gasteiger charge is -2.38. The van der Waals surface area contributed by atoms with Gasteiger partial charge in [-0.3, -0.25) is 9.59 Å². The Morgan fingerprint density at radius 1 is 1.03 bits per heavy atom. The van der Waals surface area contributed by atoms with Gasteiger partial charge in [-0.2, -0.15) is 0 Å². The van der Waals surface area contributed by atoms with Crippen molar-refractivity contribution in [1.82, 2.24) is 5.32 Å². The molecule has 1 heterocycles. The molecular formula is C26H25NO5. The number of ketones is 1. The topological polar surface area (TPSA) is 81.7 Å². The number of carbonyl (C=O) groups excluding carboxylic acids is 3. The van der Waals surface area contributed by atoms with E-state index in [1.165, 1.54) is 6.92 Å². The van der Waals surface area contributed by atoms with Crippen LogP contribution in [0.1, 0.15) is 43.7 Å². The van der Waals surface area contributed by atoms with Crippen LogP contribution >= 0.6 is 0 Å². The normalized spacial score (nSPS) is 20.1. The highest BCUT2D eigenvalue weighted by Crippen LogP contribution is 2.44. The van der Waals surface area contributed by atoms with Gasteiger partial charge in [-0.15, -0.1) is 0 Å². The van der Waals surface area contributed by atoms with Crippen LogP contribution < -0.4 is 10.1 Å². The van der Waals surface area contributed by atoms with Crippen LogP contribution in [0.5, 0.6) is 5.75 Å². The van der Waals surface area contributed by atoms with Crippen LogP contribution in [-0.4, -0.2) is 17.7 Å². The van der Waals surface area contributed by atoms with Crippen LogP contribution in [0.3, 0.4) is 0 Å². The zero-order valence-corrected chi connectivity index (χ0v) is 18.1. The number of hydrogen-bond donors (Lipinski definition) is 1. The number of esters is 2. The third-order valence-electron chi connectivity index (χ3n) is 5.75. The van der Waals surface area contributed by atoms with Gasteiger partial charge in [0.2, 0.25) is 0 Å². The second-order valence-electron chi connectivity index (χ2n) is 8.01. The SMILES string of the molecule is CC(=O)Oc1ccc(C2C(C(=O)OCc3ccccc3)=C(C)NC3=CCCC(=O)C32)cc1. The van der Waals surface area contributed by atoms with Gasteiger partial charge >= 0.3 is 11.9 Å². The summed E-state index contributed by atoms with van der Waals surface area (Å²) in [6.07, 6.45) is 3.14. The van der Waals surface area contributed by atoms with Crippen LogP contribution in [0, 0.1) is 5.92 Å². The molecule has 1 aliphatic carbocycles. The molecule has 0 bridgehead atoms. The molecule has 164 valence electrons. The number of hydrogen-bond acceptors (Lipinski definition) is 6. The number of Topliss-reactive ketones (excluding diaryl/α,β-unsaturated/α-hetero) is 1. The van der Waals surface area contributed by atoms with E-state index in [1.807, 2.05) is 43.3 Å². The number of allylic oxidation sites excluding steroid dienone is 3. The molecule has 4 rings (SSSR count). The molecule has 0 saturated heterocycles. The monoisotopic (exact) mass is 431 g/mol. The minimum absolute atomic E-state index is 0.0879. The average molecular weight is 431 g/mol. The van der Waals surface area contributed by atoms with E-state index in [9.17, 15) is 14.4 Å². The van der Waals surface area contributed by atoms with Gasteiger partial charge in [0.25, 0.3) is 0 Å². The second kappa shape index (κ2) is 9.22. The molecule has 2 atom stereocenters. The van der Waals surface area contributed by atoms with Crippen molar-refractivity contribution >= 4 is 17.7 Å². The largest absolute Gasteiger partial charge is 0.457 e. The third-order valence-corrected chi connectivity index (χ3v) is 5.75. The van der Waals surface area contributed by atoms with Gasteiger partial charge < -0.3 is 14.8 Å². The van der Waals surface area contributed by atoms with E-state index in [1.54, 1.807) is 24.3 Å². The van der Waals surface area contributed by atoms with Crippen LogP contribution in [0.25, 0.3) is 0 Å². The maximum absolute atomic E-state index is 13.2. The van der Waals surface area contributed by atoms with Crippen LogP contribution in [0.2, 0.25) is 0 Å². The summed E-state index contributed by atoms with van der Waals surface area (Å²) in [5.74, 6) is -1.32. The highest BCUT2D eigenvalue weighted by atomic mass is 16.5. The first-order valence-corrected chi connectivity index (χ1v) is 10.6. The lowest BCUT2D eigenvalue weighted by atomic mass is 9.71. The summed E-state index contributed by atoms with van der Waals surface area (Å²) in [6.45, 7) is 3.32. The van der Waals surface area contributed by atoms with Gasteiger partial charge in [-0.1, -0.05) is 48.5 Å². The molecule has 2 aromatic carbocycles. The Balaban J connectivity index is 1.69. The first-order chi connectivity index (χ1) is 15.4. The van der Waals surface area contributed by atoms with E-state index in [4.69, 9.17) is 9.47 Å². The fraction of sp³-hybridized carbons (Fsp3) is 0.269. The number of fused-ring (bicyclic) bond motifs is 1. The average Bonchev–Trinajstić information content (AvgIpc) is 2.77. The van der Waals surface area contributed by atoms with E-state index >= 15 is 0 Å². The van der Waals surface area contributed by atoms with E-state index in [2.05, 4.69) is 5.32 Å². The number of benzene rings is 2. The molecule has 0 radical (unpaired) electrons. The summed E-state index contributed by atoms with van der Waals surface area (Å²) in [7, 11) is 0. The Bertz CT molecular complexity index is 1100. The Hall–Kier alpha value is -3.67. The molecule has 6 heteroatoms. The minimum atomic E-state index is -0.482. The Morgan fingerprint density at radius 3 is 2.44 bits per heavy atom. The Labute approximate surface area is 186 Å². The molecule has 32 heavy (non-hydrogen) atoms. The summed E-state index contributed by atoms with van der Waals surface area (Å²) >= 11 is 0. The standard InChI is InChI=1S/C26H25NO5/c1-16-23(26(30)31-15-18-7-4-3-5-8-18)24(25-21(27-16)9-6-10-22(25)29)19-11-13-20(14-12-19)32-17(2)28/h3-5,7-9,11-14,24-25,27H,6,10,15H2,1-2H3. The van der Waals surface area contributed by atoms with E-state index < -0.39 is 23.8 Å². The van der Waals surface area contributed by atoms with Gasteiger partial charge in [0, 0.05) is 30.7 Å². The second-order valence-corrected chi connectivity index (χ2v) is 8.01. The molecule has 1 N–H and O–H groups in total. The summed E-state index contributed by atoms with van der Waals surface area (Å²) in [4.78, 5) is 37.4. The van der Waals surface area contributed by atoms with Gasteiger partial charge in [-0.05, 0) is 36.6 Å². The van der Waals surface area contributed by atoms with Gasteiger partial charge in [0.1, 0.15) is 18.1 Å². The number of rotatable bonds is 5. The van der Waals surface area contributed by atoms with E-state index in [0.717, 1.165) is 16.8 Å². The molecule has 0 aromatic heterocycles. The predicted octanol–water partition coefficient (Wildman–Crippen LogP) is 4.18. The molecular weight excluding hydrogens is 406 g/mol. The fourth-order valence-corrected chi connectivity index (χ4v) is 4.35. The maximum atomic E-state index is 13.2. The van der Waals surface area contributed by atoms with Crippen molar-refractivity contribution in [2.75, 3.05) is 0 Å². The van der Waals surface area contributed by atoms with Crippen molar-refractivity contribution in [3.05, 3.63) is 88.8 Å². The zero-order valence-electron chi connectivity index (χ0n) is 18.1. The highest BCUT2D eigenvalue weighted by molar-refractivity contribution is 5.96. The highest BCUT2D eigenvalue weighted by Gasteiger charge is 2.43. The van der Waals surface area contributed by atoms with Crippen molar-refractivity contribution in [2.24, 2.45) is 5.92 Å². The van der Waals surface area contributed by atoms with Gasteiger partial charge in [-0.25, -0.2) is 4.79 Å². The van der Waals surface area contributed by atoms with Gasteiger partial charge in [0.15, 0.2) is 0 Å². The zero-order chi connectivity index (χ0) is 22.7. The molecule has 0 spiro atoms. The third kappa shape index (κ3) is 4.49. The van der Waals surface area contributed by atoms with Crippen LogP contribution in [0.4, 0.5) is 0 Å². The molecule has 0 amide bonds. The molecule has 6 nitrogen and oxygen atoms in total. The van der Waals surface area contributed by atoms with Crippen molar-refractivity contribution < 1.29 is 23.9 Å². The van der Waals surface area contributed by atoms with Crippen LogP contribution in [0.15, 0.2) is 77.6 Å². The quantitative estimate of drug-likeness (QED) is 0.565. The lowest BCUT2D eigenvalue weighted by Crippen LogP contribution is -2.40. The first-order valence-electron chi connectivity index (χ1n) is 10.6. The van der Waals surface area contributed by atoms with Crippen molar-refractivity contribution in [3.8, 4) is 5.75 Å². The van der Waals surface area contributed by atoms with Crippen molar-refractivity contribution in [2.45, 2.75) is 39.2 Å². The Kier molecular flexibility index (Phi) is 6.21. The fourth-order valence-electron chi connectivity index (χ4n) is 4.35. The smallest absolute Gasteiger partial charge is 0.336 e. The molecule has 1 aliphatic heterocycles. The van der Waals surface area contributed by atoms with E-state index in [0.29, 0.717) is 29.9 Å². The summed E-state index contributed by atoms with van der Waals surface area (Å²) in [6, 6.07) is 16.4. The first kappa shape index (κ1) is 21.6. The molecule has 2 unspecified atom stereocenters.